The summed E-state index contributed by atoms with van der Waals surface area (Å²) in [5, 5.41) is 11.8. The summed E-state index contributed by atoms with van der Waals surface area (Å²) in [6.07, 6.45) is 8.99. The first-order chi connectivity index (χ1) is 10.9. The van der Waals surface area contributed by atoms with E-state index in [1.54, 1.807) is 12.2 Å². The van der Waals surface area contributed by atoms with Gasteiger partial charge < -0.3 is 15.3 Å². The Morgan fingerprint density at radius 1 is 1.30 bits per heavy atom. The van der Waals surface area contributed by atoms with Crippen LogP contribution in [0.4, 0.5) is 0 Å². The van der Waals surface area contributed by atoms with Gasteiger partial charge in [0.05, 0.1) is 0 Å². The fraction of sp³-hybridized carbons (Fsp3) is 0.556. The van der Waals surface area contributed by atoms with Crippen molar-refractivity contribution < 1.29 is 14.7 Å². The molecule has 1 fully saturated rings. The predicted octanol–water partition coefficient (Wildman–Crippen LogP) is 3.06. The number of aliphatic carboxylic acids is 1. The molecular weight excluding hydrogens is 292 g/mol. The van der Waals surface area contributed by atoms with E-state index in [-0.39, 0.29) is 5.91 Å². The standard InChI is InChI=1S/C18H28N2O3/c1-4-5-6-17(21)19-15(3)7-8-16(13-18(22)23)20-11-9-14(2)10-12-20/h7-8,13-14H,3-6,9-12H2,1-2H3,(H,19,21)(H,22,23)/b8-7-,16-13-. The Bertz CT molecular complexity index is 486. The van der Waals surface area contributed by atoms with Crippen LogP contribution in [0.3, 0.4) is 0 Å². The van der Waals surface area contributed by atoms with Gasteiger partial charge in [0, 0.05) is 37.0 Å². The van der Waals surface area contributed by atoms with Gasteiger partial charge in [-0.05, 0) is 37.3 Å². The van der Waals surface area contributed by atoms with Crippen molar-refractivity contribution in [3.05, 3.63) is 36.2 Å². The van der Waals surface area contributed by atoms with E-state index in [0.29, 0.717) is 23.7 Å². The number of nitrogens with one attached hydrogen (secondary N) is 1. The summed E-state index contributed by atoms with van der Waals surface area (Å²) in [6, 6.07) is 0. The molecule has 2 N–H and O–H groups in total. The van der Waals surface area contributed by atoms with E-state index in [9.17, 15) is 9.59 Å². The number of carboxylic acid groups (broad SMARTS) is 1. The van der Waals surface area contributed by atoms with Crippen molar-refractivity contribution in [3.8, 4) is 0 Å². The number of nitrogens with zero attached hydrogens (tertiary/aromatic N) is 1. The van der Waals surface area contributed by atoms with Crippen LogP contribution in [-0.4, -0.2) is 35.0 Å². The first-order valence-corrected chi connectivity index (χ1v) is 8.28. The van der Waals surface area contributed by atoms with Crippen molar-refractivity contribution in [3.63, 3.8) is 0 Å². The quantitative estimate of drug-likeness (QED) is 0.533. The number of carboxylic acids is 1. The molecule has 0 aromatic carbocycles. The van der Waals surface area contributed by atoms with Gasteiger partial charge >= 0.3 is 5.97 Å². The molecule has 1 heterocycles. The zero-order valence-corrected chi connectivity index (χ0v) is 14.2. The molecule has 1 rings (SSSR count). The SMILES string of the molecule is C=C(/C=C\C(=C\C(=O)O)N1CCC(C)CC1)NC(=O)CCCC. The smallest absolute Gasteiger partial charge is 0.330 e. The topological polar surface area (TPSA) is 69.6 Å². The van der Waals surface area contributed by atoms with Crippen molar-refractivity contribution in [2.75, 3.05) is 13.1 Å². The lowest BCUT2D eigenvalue weighted by Gasteiger charge is -2.32. The lowest BCUT2D eigenvalue weighted by Crippen LogP contribution is -2.32. The van der Waals surface area contributed by atoms with Crippen LogP contribution in [0.15, 0.2) is 36.2 Å². The molecule has 0 spiro atoms. The highest BCUT2D eigenvalue weighted by molar-refractivity contribution is 5.81. The van der Waals surface area contributed by atoms with Crippen LogP contribution >= 0.6 is 0 Å². The summed E-state index contributed by atoms with van der Waals surface area (Å²) < 4.78 is 0. The monoisotopic (exact) mass is 320 g/mol. The van der Waals surface area contributed by atoms with Crippen LogP contribution in [0.25, 0.3) is 0 Å². The maximum absolute atomic E-state index is 11.6. The molecule has 5 nitrogen and oxygen atoms in total. The van der Waals surface area contributed by atoms with Gasteiger partial charge in [-0.15, -0.1) is 0 Å². The molecule has 0 unspecified atom stereocenters. The molecule has 0 saturated carbocycles. The van der Waals surface area contributed by atoms with Gasteiger partial charge in [0.2, 0.25) is 5.91 Å². The average Bonchev–Trinajstić information content (AvgIpc) is 2.50. The Balaban J connectivity index is 2.64. The fourth-order valence-electron chi connectivity index (χ4n) is 2.44. The van der Waals surface area contributed by atoms with Crippen molar-refractivity contribution in [2.24, 2.45) is 5.92 Å². The van der Waals surface area contributed by atoms with Gasteiger partial charge in [0.15, 0.2) is 0 Å². The molecule has 5 heteroatoms. The maximum atomic E-state index is 11.6. The largest absolute Gasteiger partial charge is 0.478 e. The first kappa shape index (κ1) is 19.0. The zero-order valence-electron chi connectivity index (χ0n) is 14.2. The van der Waals surface area contributed by atoms with E-state index in [1.807, 2.05) is 6.92 Å². The number of hydrogen-bond acceptors (Lipinski definition) is 3. The number of likely N-dealkylation sites (tertiary alicyclic amines) is 1. The molecule has 0 aliphatic carbocycles. The lowest BCUT2D eigenvalue weighted by atomic mass is 9.98. The number of rotatable bonds is 8. The summed E-state index contributed by atoms with van der Waals surface area (Å²) >= 11 is 0. The maximum Gasteiger partial charge on any atom is 0.330 e. The number of carbonyl (C=O) groups is 2. The summed E-state index contributed by atoms with van der Waals surface area (Å²) in [6.45, 7) is 9.74. The molecule has 0 bridgehead atoms. The van der Waals surface area contributed by atoms with Gasteiger partial charge in [-0.2, -0.15) is 0 Å². The van der Waals surface area contributed by atoms with Crippen molar-refractivity contribution in [1.29, 1.82) is 0 Å². The minimum atomic E-state index is -0.971. The molecule has 1 amide bonds. The van der Waals surface area contributed by atoms with Crippen LogP contribution in [-0.2, 0) is 9.59 Å². The molecule has 23 heavy (non-hydrogen) atoms. The highest BCUT2D eigenvalue weighted by Crippen LogP contribution is 2.20. The number of hydrogen-bond donors (Lipinski definition) is 2. The Labute approximate surface area is 138 Å². The number of carbonyl (C=O) groups excluding carboxylic acids is 1. The molecule has 0 aromatic rings. The third-order valence-corrected chi connectivity index (χ3v) is 3.93. The van der Waals surface area contributed by atoms with Crippen molar-refractivity contribution in [1.82, 2.24) is 10.2 Å². The predicted molar refractivity (Wildman–Crippen MR) is 91.6 cm³/mol. The molecule has 0 atom stereocenters. The summed E-state index contributed by atoms with van der Waals surface area (Å²) in [4.78, 5) is 24.7. The minimum absolute atomic E-state index is 0.0583. The highest BCUT2D eigenvalue weighted by Gasteiger charge is 2.17. The van der Waals surface area contributed by atoms with E-state index >= 15 is 0 Å². The van der Waals surface area contributed by atoms with Gasteiger partial charge in [0.1, 0.15) is 0 Å². The molecule has 1 aliphatic heterocycles. The van der Waals surface area contributed by atoms with E-state index in [0.717, 1.165) is 38.8 Å². The summed E-state index contributed by atoms with van der Waals surface area (Å²) in [7, 11) is 0. The Kier molecular flexibility index (Phi) is 8.16. The molecule has 0 radical (unpaired) electrons. The Morgan fingerprint density at radius 3 is 2.52 bits per heavy atom. The Morgan fingerprint density at radius 2 is 1.96 bits per heavy atom. The van der Waals surface area contributed by atoms with Crippen LogP contribution in [0.2, 0.25) is 0 Å². The van der Waals surface area contributed by atoms with Gasteiger partial charge in [0.25, 0.3) is 0 Å². The number of allylic oxidation sites excluding steroid dienone is 2. The number of amides is 1. The first-order valence-electron chi connectivity index (χ1n) is 8.28. The van der Waals surface area contributed by atoms with E-state index in [1.165, 1.54) is 6.08 Å². The van der Waals surface area contributed by atoms with Gasteiger partial charge in [-0.1, -0.05) is 26.8 Å². The van der Waals surface area contributed by atoms with Crippen LogP contribution in [0, 0.1) is 5.92 Å². The van der Waals surface area contributed by atoms with Crippen molar-refractivity contribution >= 4 is 11.9 Å². The second-order valence-corrected chi connectivity index (χ2v) is 6.09. The molecular formula is C18H28N2O3. The normalized spacial score (nSPS) is 16.6. The number of piperidine rings is 1. The average molecular weight is 320 g/mol. The van der Waals surface area contributed by atoms with Crippen molar-refractivity contribution in [2.45, 2.75) is 46.0 Å². The Hall–Kier alpha value is -2.04. The van der Waals surface area contributed by atoms with Gasteiger partial charge in [-0.3, -0.25) is 4.79 Å². The molecule has 0 aromatic heterocycles. The molecule has 1 saturated heterocycles. The second kappa shape index (κ2) is 9.87. The third kappa shape index (κ3) is 7.68. The summed E-state index contributed by atoms with van der Waals surface area (Å²) in [5.41, 5.74) is 1.13. The van der Waals surface area contributed by atoms with E-state index < -0.39 is 5.97 Å². The minimum Gasteiger partial charge on any atom is -0.478 e. The second-order valence-electron chi connectivity index (χ2n) is 6.09. The number of unbranched alkanes of at least 4 members (excludes halogenated alkanes) is 1. The molecule has 1 aliphatic rings. The van der Waals surface area contributed by atoms with Gasteiger partial charge in [-0.25, -0.2) is 4.79 Å². The lowest BCUT2D eigenvalue weighted by molar-refractivity contribution is -0.131. The van der Waals surface area contributed by atoms with Crippen LogP contribution in [0.5, 0.6) is 0 Å². The van der Waals surface area contributed by atoms with Crippen LogP contribution < -0.4 is 5.32 Å². The van der Waals surface area contributed by atoms with E-state index in [2.05, 4.69) is 23.7 Å². The zero-order chi connectivity index (χ0) is 17.2. The highest BCUT2D eigenvalue weighted by atomic mass is 16.4. The summed E-state index contributed by atoms with van der Waals surface area (Å²) in [5.74, 6) is -0.355. The third-order valence-electron chi connectivity index (χ3n) is 3.93. The molecule has 128 valence electrons. The van der Waals surface area contributed by atoms with E-state index in [4.69, 9.17) is 5.11 Å². The fourth-order valence-corrected chi connectivity index (χ4v) is 2.44. The van der Waals surface area contributed by atoms with Crippen LogP contribution in [0.1, 0.15) is 46.0 Å².